The molecule has 1 N–H and O–H groups in total. The molecule has 0 spiro atoms. The quantitative estimate of drug-likeness (QED) is 0.833. The summed E-state index contributed by atoms with van der Waals surface area (Å²) >= 11 is 0. The van der Waals surface area contributed by atoms with Gasteiger partial charge in [0.05, 0.1) is 0 Å². The van der Waals surface area contributed by atoms with E-state index in [0.29, 0.717) is 0 Å². The van der Waals surface area contributed by atoms with Crippen molar-refractivity contribution >= 4 is 0 Å². The Morgan fingerprint density at radius 1 is 1.05 bits per heavy atom. The minimum Gasteiger partial charge on any atom is -0.308 e. The monoisotopic (exact) mass is 258 g/mol. The van der Waals surface area contributed by atoms with Gasteiger partial charge in [-0.05, 0) is 38.3 Å². The summed E-state index contributed by atoms with van der Waals surface area (Å²) in [5.74, 6) is 0. The Hall–Kier alpha value is -1.12. The highest BCUT2D eigenvalue weighted by Gasteiger charge is 2.09. The maximum atomic E-state index is 3.52. The Labute approximate surface area is 117 Å². The average Bonchev–Trinajstić information content (AvgIpc) is 2.38. The van der Waals surface area contributed by atoms with Crippen LogP contribution in [0.1, 0.15) is 38.3 Å². The van der Waals surface area contributed by atoms with Crippen molar-refractivity contribution in [3.8, 4) is 0 Å². The lowest BCUT2D eigenvalue weighted by molar-refractivity contribution is 0.290. The molecular weight excluding hydrogens is 232 g/mol. The Kier molecular flexibility index (Phi) is 4.78. The molecule has 0 amide bonds. The van der Waals surface area contributed by atoms with E-state index in [9.17, 15) is 0 Å². The van der Waals surface area contributed by atoms with Crippen LogP contribution >= 0.6 is 0 Å². The molecule has 0 aliphatic carbocycles. The molecule has 0 saturated heterocycles. The molecule has 19 heavy (non-hydrogen) atoms. The van der Waals surface area contributed by atoms with Gasteiger partial charge in [0, 0.05) is 31.7 Å². The van der Waals surface area contributed by atoms with Crippen molar-refractivity contribution in [1.82, 2.24) is 10.2 Å². The molecule has 0 bridgehead atoms. The summed E-state index contributed by atoms with van der Waals surface area (Å²) in [5, 5.41) is 3.52. The number of nitrogens with one attached hydrogen (secondary N) is 1. The number of rotatable bonds is 4. The summed E-state index contributed by atoms with van der Waals surface area (Å²) < 4.78 is 0. The number of hydrogen-bond acceptors (Lipinski definition) is 2. The highest BCUT2D eigenvalue weighted by atomic mass is 15.1. The first-order valence-electron chi connectivity index (χ1n) is 7.23. The van der Waals surface area contributed by atoms with Crippen LogP contribution in [0.4, 0.5) is 0 Å². The largest absolute Gasteiger partial charge is 0.308 e. The van der Waals surface area contributed by atoms with Crippen LogP contribution < -0.4 is 5.32 Å². The van der Waals surface area contributed by atoms with Crippen LogP contribution in [-0.4, -0.2) is 23.5 Å². The van der Waals surface area contributed by atoms with E-state index in [1.54, 1.807) is 0 Å². The Morgan fingerprint density at radius 2 is 1.74 bits per heavy atom. The fraction of sp³-hybridized carbons (Fsp3) is 0.529. The van der Waals surface area contributed by atoms with Gasteiger partial charge in [0.2, 0.25) is 0 Å². The second-order valence-electron chi connectivity index (χ2n) is 6.42. The van der Waals surface area contributed by atoms with E-state index in [2.05, 4.69) is 67.4 Å². The first-order chi connectivity index (χ1) is 9.03. The van der Waals surface area contributed by atoms with Gasteiger partial charge in [-0.1, -0.05) is 36.4 Å². The Bertz CT molecular complexity index is 412. The zero-order valence-electron chi connectivity index (χ0n) is 12.4. The summed E-state index contributed by atoms with van der Waals surface area (Å²) in [6.45, 7) is 10.9. The molecule has 1 aromatic rings. The van der Waals surface area contributed by atoms with Crippen LogP contribution in [-0.2, 0) is 13.1 Å². The van der Waals surface area contributed by atoms with Crippen LogP contribution in [0.2, 0.25) is 0 Å². The number of benzene rings is 1. The third-order valence-electron chi connectivity index (χ3n) is 3.39. The number of nitrogens with zero attached hydrogens (tertiary/aromatic N) is 1. The van der Waals surface area contributed by atoms with Crippen molar-refractivity contribution in [3.63, 3.8) is 0 Å². The molecule has 0 saturated carbocycles. The molecule has 0 atom stereocenters. The summed E-state index contributed by atoms with van der Waals surface area (Å²) in [7, 11) is 0. The van der Waals surface area contributed by atoms with Gasteiger partial charge in [-0.2, -0.15) is 0 Å². The van der Waals surface area contributed by atoms with E-state index in [0.717, 1.165) is 19.6 Å². The molecule has 2 rings (SSSR count). The minimum atomic E-state index is 0.179. The highest BCUT2D eigenvalue weighted by Crippen LogP contribution is 2.11. The van der Waals surface area contributed by atoms with Crippen LogP contribution in [0, 0.1) is 0 Å². The van der Waals surface area contributed by atoms with Gasteiger partial charge >= 0.3 is 0 Å². The molecule has 0 unspecified atom stereocenters. The fourth-order valence-electron chi connectivity index (χ4n) is 2.22. The molecule has 0 radical (unpaired) electrons. The molecule has 1 aromatic carbocycles. The third-order valence-corrected chi connectivity index (χ3v) is 3.39. The van der Waals surface area contributed by atoms with E-state index in [4.69, 9.17) is 0 Å². The lowest BCUT2D eigenvalue weighted by Gasteiger charge is -2.23. The topological polar surface area (TPSA) is 15.3 Å². The lowest BCUT2D eigenvalue weighted by atomic mass is 10.1. The Morgan fingerprint density at radius 3 is 2.32 bits per heavy atom. The SMILES string of the molecule is CC(C)(C)NCc1ccc(CN2CC=CCC2)cc1. The van der Waals surface area contributed by atoms with Crippen LogP contribution in [0.5, 0.6) is 0 Å². The lowest BCUT2D eigenvalue weighted by Crippen LogP contribution is -2.35. The number of hydrogen-bond donors (Lipinski definition) is 1. The van der Waals surface area contributed by atoms with E-state index < -0.39 is 0 Å². The van der Waals surface area contributed by atoms with Gasteiger partial charge in [0.1, 0.15) is 0 Å². The highest BCUT2D eigenvalue weighted by molar-refractivity contribution is 5.22. The molecular formula is C17H26N2. The summed E-state index contributed by atoms with van der Waals surface area (Å²) in [4.78, 5) is 2.49. The van der Waals surface area contributed by atoms with E-state index in [1.165, 1.54) is 24.1 Å². The van der Waals surface area contributed by atoms with Crippen molar-refractivity contribution in [3.05, 3.63) is 47.5 Å². The molecule has 0 aromatic heterocycles. The zero-order valence-corrected chi connectivity index (χ0v) is 12.4. The molecule has 2 nitrogen and oxygen atoms in total. The third kappa shape index (κ3) is 5.17. The predicted octanol–water partition coefficient (Wildman–Crippen LogP) is 3.34. The van der Waals surface area contributed by atoms with Gasteiger partial charge in [-0.15, -0.1) is 0 Å². The molecule has 104 valence electrons. The first kappa shape index (κ1) is 14.3. The smallest absolute Gasteiger partial charge is 0.0237 e. The van der Waals surface area contributed by atoms with Crippen molar-refractivity contribution in [2.24, 2.45) is 0 Å². The fourth-order valence-corrected chi connectivity index (χ4v) is 2.22. The Balaban J connectivity index is 1.85. The minimum absolute atomic E-state index is 0.179. The van der Waals surface area contributed by atoms with Gasteiger partial charge in [0.15, 0.2) is 0 Å². The van der Waals surface area contributed by atoms with Gasteiger partial charge in [-0.25, -0.2) is 0 Å². The summed E-state index contributed by atoms with van der Waals surface area (Å²) in [5.41, 5.74) is 2.95. The van der Waals surface area contributed by atoms with E-state index >= 15 is 0 Å². The van der Waals surface area contributed by atoms with Crippen molar-refractivity contribution in [1.29, 1.82) is 0 Å². The van der Waals surface area contributed by atoms with Crippen molar-refractivity contribution < 1.29 is 0 Å². The normalized spacial score (nSPS) is 16.8. The van der Waals surface area contributed by atoms with Crippen molar-refractivity contribution in [2.75, 3.05) is 13.1 Å². The molecule has 2 heteroatoms. The standard InChI is InChI=1S/C17H26N2/c1-17(2,3)18-13-15-7-9-16(10-8-15)14-19-11-5-4-6-12-19/h4-5,7-10,18H,6,11-14H2,1-3H3. The van der Waals surface area contributed by atoms with Gasteiger partial charge < -0.3 is 5.32 Å². The van der Waals surface area contributed by atoms with Gasteiger partial charge in [0.25, 0.3) is 0 Å². The van der Waals surface area contributed by atoms with Crippen LogP contribution in [0.3, 0.4) is 0 Å². The maximum Gasteiger partial charge on any atom is 0.0237 e. The van der Waals surface area contributed by atoms with Crippen LogP contribution in [0.15, 0.2) is 36.4 Å². The summed E-state index contributed by atoms with van der Waals surface area (Å²) in [6.07, 6.45) is 5.73. The second kappa shape index (κ2) is 6.36. The molecule has 1 heterocycles. The second-order valence-corrected chi connectivity index (χ2v) is 6.42. The van der Waals surface area contributed by atoms with E-state index in [-0.39, 0.29) is 5.54 Å². The predicted molar refractivity (Wildman–Crippen MR) is 82.1 cm³/mol. The van der Waals surface area contributed by atoms with Crippen LogP contribution in [0.25, 0.3) is 0 Å². The summed E-state index contributed by atoms with van der Waals surface area (Å²) in [6, 6.07) is 9.01. The zero-order chi connectivity index (χ0) is 13.7. The average molecular weight is 258 g/mol. The maximum absolute atomic E-state index is 3.52. The first-order valence-corrected chi connectivity index (χ1v) is 7.23. The molecule has 1 aliphatic rings. The van der Waals surface area contributed by atoms with Gasteiger partial charge in [-0.3, -0.25) is 4.90 Å². The van der Waals surface area contributed by atoms with E-state index in [1.807, 2.05) is 0 Å². The van der Waals surface area contributed by atoms with Crippen molar-refractivity contribution in [2.45, 2.75) is 45.8 Å². The molecule has 1 aliphatic heterocycles. The molecule has 0 fully saturated rings.